The standard InChI is InChI=1S/C16H19ClN4O2/c1-8(2)14-18-7-12(17)13(21-14)16(23)19-6-11-9(3)5-10(4)20-15(11)22/h5,7-8H,6H2,1-4H3,(H,19,23)(H,20,22). The van der Waals surface area contributed by atoms with Crippen molar-refractivity contribution in [3.63, 3.8) is 0 Å². The Labute approximate surface area is 139 Å². The SMILES string of the molecule is Cc1cc(C)c(CNC(=O)c2nc(C(C)C)ncc2Cl)c(=O)[nH]1. The van der Waals surface area contributed by atoms with E-state index < -0.39 is 5.91 Å². The summed E-state index contributed by atoms with van der Waals surface area (Å²) in [5.74, 6) is 0.198. The largest absolute Gasteiger partial charge is 0.346 e. The third kappa shape index (κ3) is 3.96. The molecule has 23 heavy (non-hydrogen) atoms. The molecule has 2 aromatic rings. The number of aryl methyl sites for hydroxylation is 2. The maximum absolute atomic E-state index is 12.3. The first kappa shape index (κ1) is 17.1. The Bertz CT molecular complexity index is 799. The number of aromatic nitrogens is 3. The first-order valence-electron chi connectivity index (χ1n) is 7.29. The molecule has 0 bridgehead atoms. The Morgan fingerprint density at radius 3 is 2.70 bits per heavy atom. The molecule has 0 aliphatic rings. The summed E-state index contributed by atoms with van der Waals surface area (Å²) in [6.45, 7) is 7.61. The van der Waals surface area contributed by atoms with Gasteiger partial charge in [0.1, 0.15) is 11.5 Å². The molecule has 2 heterocycles. The third-order valence-corrected chi connectivity index (χ3v) is 3.69. The molecule has 0 radical (unpaired) electrons. The second kappa shape index (κ2) is 6.91. The monoisotopic (exact) mass is 334 g/mol. The molecule has 1 amide bonds. The van der Waals surface area contributed by atoms with Crippen molar-refractivity contribution in [3.05, 3.63) is 56.0 Å². The van der Waals surface area contributed by atoms with E-state index in [0.29, 0.717) is 11.4 Å². The Balaban J connectivity index is 2.21. The van der Waals surface area contributed by atoms with E-state index in [0.717, 1.165) is 11.3 Å². The summed E-state index contributed by atoms with van der Waals surface area (Å²) in [6.07, 6.45) is 1.42. The lowest BCUT2D eigenvalue weighted by molar-refractivity contribution is 0.0945. The quantitative estimate of drug-likeness (QED) is 0.899. The molecule has 0 saturated heterocycles. The zero-order valence-corrected chi connectivity index (χ0v) is 14.3. The fraction of sp³-hybridized carbons (Fsp3) is 0.375. The van der Waals surface area contributed by atoms with Crippen molar-refractivity contribution >= 4 is 17.5 Å². The highest BCUT2D eigenvalue weighted by Crippen LogP contribution is 2.16. The number of carbonyl (C=O) groups is 1. The van der Waals surface area contributed by atoms with Gasteiger partial charge in [0, 0.05) is 23.7 Å². The lowest BCUT2D eigenvalue weighted by Gasteiger charge is -2.10. The van der Waals surface area contributed by atoms with Crippen molar-refractivity contribution in [2.45, 2.75) is 40.2 Å². The number of hydrogen-bond donors (Lipinski definition) is 2. The van der Waals surface area contributed by atoms with Gasteiger partial charge in [-0.3, -0.25) is 9.59 Å². The van der Waals surface area contributed by atoms with Gasteiger partial charge in [0.2, 0.25) is 0 Å². The molecule has 0 unspecified atom stereocenters. The summed E-state index contributed by atoms with van der Waals surface area (Å²) in [6, 6.07) is 1.86. The second-order valence-electron chi connectivity index (χ2n) is 5.71. The van der Waals surface area contributed by atoms with Gasteiger partial charge in [-0.1, -0.05) is 25.4 Å². The van der Waals surface area contributed by atoms with Crippen molar-refractivity contribution in [3.8, 4) is 0 Å². The summed E-state index contributed by atoms with van der Waals surface area (Å²) < 4.78 is 0. The minimum Gasteiger partial charge on any atom is -0.346 e. The molecular formula is C16H19ClN4O2. The van der Waals surface area contributed by atoms with Crippen molar-refractivity contribution in [2.24, 2.45) is 0 Å². The number of amides is 1. The molecule has 7 heteroatoms. The Morgan fingerprint density at radius 2 is 2.09 bits per heavy atom. The van der Waals surface area contributed by atoms with Crippen LogP contribution in [0.1, 0.15) is 52.9 Å². The molecule has 0 aliphatic heterocycles. The zero-order chi connectivity index (χ0) is 17.1. The Morgan fingerprint density at radius 1 is 1.39 bits per heavy atom. The molecule has 0 fully saturated rings. The van der Waals surface area contributed by atoms with Crippen molar-refractivity contribution in [1.29, 1.82) is 0 Å². The van der Waals surface area contributed by atoms with E-state index in [9.17, 15) is 9.59 Å². The van der Waals surface area contributed by atoms with E-state index in [4.69, 9.17) is 11.6 Å². The number of hydrogen-bond acceptors (Lipinski definition) is 4. The highest BCUT2D eigenvalue weighted by Gasteiger charge is 2.16. The predicted molar refractivity (Wildman–Crippen MR) is 88.8 cm³/mol. The number of halogens is 1. The average molecular weight is 335 g/mol. The van der Waals surface area contributed by atoms with Crippen molar-refractivity contribution < 1.29 is 4.79 Å². The average Bonchev–Trinajstić information content (AvgIpc) is 2.46. The van der Waals surface area contributed by atoms with Crippen LogP contribution in [-0.4, -0.2) is 20.9 Å². The molecule has 6 nitrogen and oxygen atoms in total. The van der Waals surface area contributed by atoms with Crippen LogP contribution in [-0.2, 0) is 6.54 Å². The second-order valence-corrected chi connectivity index (χ2v) is 6.11. The highest BCUT2D eigenvalue weighted by molar-refractivity contribution is 6.33. The van der Waals surface area contributed by atoms with Crippen LogP contribution in [0.2, 0.25) is 5.02 Å². The van der Waals surface area contributed by atoms with Gasteiger partial charge in [-0.2, -0.15) is 0 Å². The molecule has 0 atom stereocenters. The molecule has 2 rings (SSSR count). The van der Waals surface area contributed by atoms with Crippen LogP contribution in [0.25, 0.3) is 0 Å². The Hall–Kier alpha value is -2.21. The lowest BCUT2D eigenvalue weighted by atomic mass is 10.1. The molecular weight excluding hydrogens is 316 g/mol. The van der Waals surface area contributed by atoms with E-state index >= 15 is 0 Å². The van der Waals surface area contributed by atoms with E-state index in [2.05, 4.69) is 20.3 Å². The summed E-state index contributed by atoms with van der Waals surface area (Å²) >= 11 is 6.01. The van der Waals surface area contributed by atoms with Crippen molar-refractivity contribution in [2.75, 3.05) is 0 Å². The molecule has 0 aliphatic carbocycles. The van der Waals surface area contributed by atoms with E-state index in [1.54, 1.807) is 0 Å². The molecule has 0 aromatic carbocycles. The highest BCUT2D eigenvalue weighted by atomic mass is 35.5. The topological polar surface area (TPSA) is 87.7 Å². The molecule has 0 saturated carbocycles. The third-order valence-electron chi connectivity index (χ3n) is 3.41. The smallest absolute Gasteiger partial charge is 0.271 e. The van der Waals surface area contributed by atoms with Gasteiger partial charge in [0.25, 0.3) is 11.5 Å². The summed E-state index contributed by atoms with van der Waals surface area (Å²) in [4.78, 5) is 35.3. The number of carbonyl (C=O) groups excluding carboxylic acids is 1. The fourth-order valence-corrected chi connectivity index (χ4v) is 2.35. The maximum atomic E-state index is 12.3. The first-order chi connectivity index (χ1) is 10.8. The minimum absolute atomic E-state index is 0.0843. The number of nitrogens with zero attached hydrogens (tertiary/aromatic N) is 2. The lowest BCUT2D eigenvalue weighted by Crippen LogP contribution is -2.29. The molecule has 2 N–H and O–H groups in total. The maximum Gasteiger partial charge on any atom is 0.271 e. The summed E-state index contributed by atoms with van der Waals surface area (Å²) in [7, 11) is 0. The van der Waals surface area contributed by atoms with Crippen LogP contribution in [0.4, 0.5) is 0 Å². The van der Waals surface area contributed by atoms with Gasteiger partial charge in [-0.15, -0.1) is 0 Å². The van der Waals surface area contributed by atoms with Gasteiger partial charge in [-0.05, 0) is 25.5 Å². The summed E-state index contributed by atoms with van der Waals surface area (Å²) in [5.41, 5.74) is 2.02. The normalized spacial score (nSPS) is 10.9. The van der Waals surface area contributed by atoms with Gasteiger partial charge < -0.3 is 10.3 Å². The van der Waals surface area contributed by atoms with E-state index in [1.165, 1.54) is 6.20 Å². The van der Waals surface area contributed by atoms with Crippen molar-refractivity contribution in [1.82, 2.24) is 20.3 Å². The molecule has 122 valence electrons. The van der Waals surface area contributed by atoms with Crippen LogP contribution in [0.3, 0.4) is 0 Å². The van der Waals surface area contributed by atoms with Gasteiger partial charge in [0.05, 0.1) is 11.2 Å². The zero-order valence-electron chi connectivity index (χ0n) is 13.5. The number of rotatable bonds is 4. The number of nitrogens with one attached hydrogen (secondary N) is 2. The van der Waals surface area contributed by atoms with E-state index in [-0.39, 0.29) is 28.7 Å². The van der Waals surface area contributed by atoms with Gasteiger partial charge in [0.15, 0.2) is 0 Å². The Kier molecular flexibility index (Phi) is 5.15. The van der Waals surface area contributed by atoms with Crippen LogP contribution in [0.15, 0.2) is 17.1 Å². The number of pyridine rings is 1. The number of aromatic amines is 1. The fourth-order valence-electron chi connectivity index (χ4n) is 2.17. The molecule has 0 spiro atoms. The van der Waals surface area contributed by atoms with Crippen LogP contribution in [0, 0.1) is 13.8 Å². The van der Waals surface area contributed by atoms with Crippen LogP contribution >= 0.6 is 11.6 Å². The minimum atomic E-state index is -0.432. The van der Waals surface area contributed by atoms with Crippen LogP contribution in [0.5, 0.6) is 0 Å². The van der Waals surface area contributed by atoms with Gasteiger partial charge in [-0.25, -0.2) is 9.97 Å². The van der Waals surface area contributed by atoms with Crippen LogP contribution < -0.4 is 10.9 Å². The summed E-state index contributed by atoms with van der Waals surface area (Å²) in [5, 5.41) is 2.87. The first-order valence-corrected chi connectivity index (χ1v) is 7.67. The molecule has 2 aromatic heterocycles. The number of H-pyrrole nitrogens is 1. The van der Waals surface area contributed by atoms with Gasteiger partial charge >= 0.3 is 0 Å². The predicted octanol–water partition coefficient (Wildman–Crippen LogP) is 2.49. The van der Waals surface area contributed by atoms with E-state index in [1.807, 2.05) is 33.8 Å².